The summed E-state index contributed by atoms with van der Waals surface area (Å²) in [6.45, 7) is 2.39. The number of esters is 1. The minimum Gasteiger partial charge on any atom is -0.468 e. The summed E-state index contributed by atoms with van der Waals surface area (Å²) >= 11 is 0. The Balaban J connectivity index is 1.74. The van der Waals surface area contributed by atoms with E-state index in [9.17, 15) is 24.4 Å². The fourth-order valence-electron chi connectivity index (χ4n) is 3.32. The van der Waals surface area contributed by atoms with Gasteiger partial charge in [0.05, 0.1) is 19.3 Å². The molecule has 1 aromatic carbocycles. The van der Waals surface area contributed by atoms with Crippen molar-refractivity contribution in [3.8, 4) is 5.75 Å². The molecule has 1 aliphatic rings. The molecule has 0 amide bonds. The lowest BCUT2D eigenvalue weighted by atomic mass is 10.1. The molecule has 1 unspecified atom stereocenters. The minimum atomic E-state index is -4.15. The van der Waals surface area contributed by atoms with Gasteiger partial charge in [0.2, 0.25) is 0 Å². The van der Waals surface area contributed by atoms with Crippen LogP contribution in [0.2, 0.25) is 0 Å². The number of pyridine rings is 1. The highest BCUT2D eigenvalue weighted by Crippen LogP contribution is 2.45. The van der Waals surface area contributed by atoms with Crippen molar-refractivity contribution in [3.05, 3.63) is 60.4 Å². The second-order valence-corrected chi connectivity index (χ2v) is 9.41. The first kappa shape index (κ1) is 26.0. The van der Waals surface area contributed by atoms with E-state index < -0.39 is 50.9 Å². The highest BCUT2D eigenvalue weighted by Gasteiger charge is 2.49. The lowest BCUT2D eigenvalue weighted by Crippen LogP contribution is -2.46. The highest BCUT2D eigenvalue weighted by atomic mass is 31.2. The van der Waals surface area contributed by atoms with Gasteiger partial charge in [-0.05, 0) is 32.0 Å². The average molecular weight is 495 g/mol. The molecule has 3 N–H and O–H groups in total. The van der Waals surface area contributed by atoms with Crippen LogP contribution in [0, 0.1) is 0 Å². The van der Waals surface area contributed by atoms with Crippen LogP contribution < -0.4 is 14.2 Å². The molecule has 12 heteroatoms. The van der Waals surface area contributed by atoms with Gasteiger partial charge in [-0.1, -0.05) is 18.2 Å². The quantitative estimate of drug-likeness (QED) is 0.190. The summed E-state index contributed by atoms with van der Waals surface area (Å²) in [7, 11) is -2.96. The Morgan fingerprint density at radius 1 is 1.18 bits per heavy atom. The van der Waals surface area contributed by atoms with Crippen LogP contribution in [0.4, 0.5) is 0 Å². The van der Waals surface area contributed by atoms with E-state index in [0.717, 1.165) is 0 Å². The van der Waals surface area contributed by atoms with Crippen molar-refractivity contribution in [2.24, 2.45) is 0 Å². The van der Waals surface area contributed by atoms with Gasteiger partial charge in [-0.3, -0.25) is 14.1 Å². The number of nitrogens with one attached hydrogen (secondary N) is 1. The van der Waals surface area contributed by atoms with E-state index in [0.29, 0.717) is 5.56 Å². The van der Waals surface area contributed by atoms with Crippen LogP contribution in [0.15, 0.2) is 54.9 Å². The van der Waals surface area contributed by atoms with Crippen LogP contribution in [0.5, 0.6) is 5.75 Å². The van der Waals surface area contributed by atoms with Crippen LogP contribution >= 0.6 is 7.75 Å². The number of carbonyl (C=O) groups excluding carboxylic acids is 2. The number of hydrogen-bond acceptors (Lipinski definition) is 9. The zero-order valence-electron chi connectivity index (χ0n) is 18.9. The van der Waals surface area contributed by atoms with Crippen molar-refractivity contribution in [3.63, 3.8) is 0 Å². The number of carbonyl (C=O) groups is 2. The number of Topliss-reactive ketones (excluding diaryl/α,β-unsaturated/α-hetero) is 1. The first-order valence-electron chi connectivity index (χ1n) is 10.5. The van der Waals surface area contributed by atoms with Gasteiger partial charge in [-0.2, -0.15) is 9.65 Å². The van der Waals surface area contributed by atoms with Crippen molar-refractivity contribution in [2.45, 2.75) is 44.4 Å². The molecule has 1 aromatic heterocycles. The number of rotatable bonds is 10. The average Bonchev–Trinajstić information content (AvgIpc) is 3.11. The molecule has 34 heavy (non-hydrogen) atoms. The van der Waals surface area contributed by atoms with Gasteiger partial charge >= 0.3 is 13.7 Å². The number of nitrogens with zero attached hydrogens (tertiary/aromatic N) is 1. The third kappa shape index (κ3) is 6.26. The van der Waals surface area contributed by atoms with E-state index in [1.165, 1.54) is 31.7 Å². The Morgan fingerprint density at radius 2 is 1.88 bits per heavy atom. The summed E-state index contributed by atoms with van der Waals surface area (Å²) in [5.41, 5.74) is 0.397. The lowest BCUT2D eigenvalue weighted by Gasteiger charge is -2.24. The second kappa shape index (κ2) is 11.2. The fourth-order valence-corrected chi connectivity index (χ4v) is 4.82. The van der Waals surface area contributed by atoms with Gasteiger partial charge in [0.1, 0.15) is 24.0 Å². The summed E-state index contributed by atoms with van der Waals surface area (Å²) in [6, 6.07) is 10.4. The fraction of sp³-hybridized carbons (Fsp3) is 0.409. The van der Waals surface area contributed by atoms with Crippen molar-refractivity contribution in [1.29, 1.82) is 0 Å². The van der Waals surface area contributed by atoms with Crippen LogP contribution in [-0.4, -0.2) is 60.0 Å². The molecule has 2 aromatic rings. The third-order valence-corrected chi connectivity index (χ3v) is 6.79. The summed E-state index contributed by atoms with van der Waals surface area (Å²) in [4.78, 5) is 23.5. The lowest BCUT2D eigenvalue weighted by molar-refractivity contribution is -0.765. The predicted octanol–water partition coefficient (Wildman–Crippen LogP) is 1.15. The largest absolute Gasteiger partial charge is 0.468 e. The number of para-hydroxylation sites is 1. The van der Waals surface area contributed by atoms with E-state index >= 15 is 0 Å². The smallest absolute Gasteiger partial charge is 0.459 e. The third-order valence-electron chi connectivity index (χ3n) is 5.14. The van der Waals surface area contributed by atoms with Gasteiger partial charge in [0.15, 0.2) is 24.3 Å². The van der Waals surface area contributed by atoms with E-state index in [1.54, 1.807) is 48.7 Å². The highest BCUT2D eigenvalue weighted by molar-refractivity contribution is 7.52. The maximum absolute atomic E-state index is 13.4. The molecule has 0 bridgehead atoms. The molecule has 0 saturated carbocycles. The normalized spacial score (nSPS) is 24.7. The topological polar surface area (TPSA) is 144 Å². The zero-order valence-corrected chi connectivity index (χ0v) is 19.8. The molecule has 0 aliphatic carbocycles. The summed E-state index contributed by atoms with van der Waals surface area (Å²) in [6.07, 6.45) is -1.76. The van der Waals surface area contributed by atoms with E-state index in [2.05, 4.69) is 9.82 Å². The number of aliphatic hydroxyl groups is 2. The molecule has 1 aliphatic heterocycles. The van der Waals surface area contributed by atoms with Crippen LogP contribution in [0.25, 0.3) is 0 Å². The molecule has 184 valence electrons. The Labute approximate surface area is 196 Å². The molecule has 1 fully saturated rings. The van der Waals surface area contributed by atoms with Gasteiger partial charge in [0, 0.05) is 6.07 Å². The maximum Gasteiger partial charge on any atom is 0.459 e. The van der Waals surface area contributed by atoms with Gasteiger partial charge in [0.25, 0.3) is 6.23 Å². The van der Waals surface area contributed by atoms with Crippen molar-refractivity contribution in [1.82, 2.24) is 5.09 Å². The van der Waals surface area contributed by atoms with Gasteiger partial charge in [-0.25, -0.2) is 4.57 Å². The summed E-state index contributed by atoms with van der Waals surface area (Å²) < 4.78 is 36.3. The summed E-state index contributed by atoms with van der Waals surface area (Å²) in [5.74, 6) is -0.639. The SMILES string of the molecule is COC(=O)[C@H](C)NP(=O)(OC[C@H]1O[C@@H]([n+]2cccc(C(C)=O)c2)[C@H](O)[C@@H]1O)Oc1ccccc1. The molecule has 0 radical (unpaired) electrons. The van der Waals surface area contributed by atoms with Gasteiger partial charge < -0.3 is 24.2 Å². The predicted molar refractivity (Wildman–Crippen MR) is 118 cm³/mol. The van der Waals surface area contributed by atoms with Gasteiger partial charge in [-0.15, -0.1) is 0 Å². The summed E-state index contributed by atoms with van der Waals surface area (Å²) in [5, 5.41) is 23.5. The number of hydrogen-bond donors (Lipinski definition) is 3. The van der Waals surface area contributed by atoms with Crippen molar-refractivity contribution < 1.29 is 47.5 Å². The van der Waals surface area contributed by atoms with E-state index in [1.807, 2.05) is 0 Å². The molecule has 0 spiro atoms. The maximum atomic E-state index is 13.4. The molecular formula is C22H28N2O9P+. The molecule has 1 saturated heterocycles. The number of methoxy groups -OCH3 is 1. The first-order valence-corrected chi connectivity index (χ1v) is 12.1. The number of aromatic nitrogens is 1. The molecule has 3 rings (SSSR count). The second-order valence-electron chi connectivity index (χ2n) is 7.71. The van der Waals surface area contributed by atoms with Crippen LogP contribution in [-0.2, 0) is 23.4 Å². The van der Waals surface area contributed by atoms with E-state index in [-0.39, 0.29) is 11.5 Å². The Hall–Kier alpha value is -2.66. The Kier molecular flexibility index (Phi) is 8.53. The molecule has 6 atom stereocenters. The molecule has 2 heterocycles. The minimum absolute atomic E-state index is 0.174. The molecule has 11 nitrogen and oxygen atoms in total. The van der Waals surface area contributed by atoms with Crippen LogP contribution in [0.3, 0.4) is 0 Å². The number of ether oxygens (including phenoxy) is 2. The molecular weight excluding hydrogens is 467 g/mol. The Bertz CT molecular complexity index is 1050. The standard InChI is InChI=1S/C22H28N2O9P/c1-14(22(28)30-3)23-34(29,33-17-9-5-4-6-10-17)31-13-18-19(26)20(27)21(32-18)24-11-7-8-16(12-24)15(2)25/h4-12,14,18-21,26-27H,13H2,1-3H3,(H,23,29)/q+1/t14-,18+,19+,20+,21+,34?/m0/s1. The number of ketones is 1. The number of benzene rings is 1. The Morgan fingerprint density at radius 3 is 2.53 bits per heavy atom. The monoisotopic (exact) mass is 495 g/mol. The first-order chi connectivity index (χ1) is 16.1. The van der Waals surface area contributed by atoms with Crippen LogP contribution in [0.1, 0.15) is 30.4 Å². The van der Waals surface area contributed by atoms with Crippen molar-refractivity contribution >= 4 is 19.5 Å². The number of aliphatic hydroxyl groups excluding tert-OH is 2. The zero-order chi connectivity index (χ0) is 24.9. The van der Waals surface area contributed by atoms with Crippen molar-refractivity contribution in [2.75, 3.05) is 13.7 Å². The van der Waals surface area contributed by atoms with E-state index in [4.69, 9.17) is 13.8 Å².